The van der Waals surface area contributed by atoms with Crippen molar-refractivity contribution in [1.29, 1.82) is 0 Å². The summed E-state index contributed by atoms with van der Waals surface area (Å²) >= 11 is 1.88. The van der Waals surface area contributed by atoms with E-state index in [-0.39, 0.29) is 72.4 Å². The Bertz CT molecular complexity index is 2200. The van der Waals surface area contributed by atoms with Crippen LogP contribution < -0.4 is 21.3 Å². The van der Waals surface area contributed by atoms with Gasteiger partial charge in [0.05, 0.1) is 23.6 Å². The summed E-state index contributed by atoms with van der Waals surface area (Å²) in [6, 6.07) is 0.311. The standard InChI is InChI=1S/C54H80N4O12S/c1-32(59)70-49(2,3)25-24-40(61)54(9,68)46-36(60)29-51(6)39-23-22-33-34(53(39,8)41(62)30-52(46,51)7)28-37(47(66)50(33,4)5)69-44(65)21-13-11-17-27-55-42(63)19-12-10-16-26-56-43(64)20-15-14-18-38-45-35(31-71-38)57-48(67)58-45/h22,24-25,28,34-36,38-39,45-46,60,68H,10-21,23,26-27,29-31H2,1-9H3,(H,55,63)(H,56,64)(H2,57,58,67)/b25-24+/t34-,35+,36-,38+,39+,45+,46+,51+,52-,53+,54+/m1/s1. The van der Waals surface area contributed by atoms with Gasteiger partial charge >= 0.3 is 18.0 Å². The van der Waals surface area contributed by atoms with Crippen LogP contribution in [0.15, 0.2) is 35.6 Å². The maximum Gasteiger partial charge on any atom is 0.315 e. The molecule has 6 aliphatic rings. The van der Waals surface area contributed by atoms with Crippen LogP contribution in [0.3, 0.4) is 0 Å². The highest BCUT2D eigenvalue weighted by molar-refractivity contribution is 8.00. The van der Waals surface area contributed by atoms with Crippen molar-refractivity contribution in [3.63, 3.8) is 0 Å². The van der Waals surface area contributed by atoms with E-state index in [0.717, 1.165) is 43.4 Å². The van der Waals surface area contributed by atoms with Gasteiger partial charge in [-0.3, -0.25) is 33.6 Å². The Labute approximate surface area is 423 Å². The number of aliphatic hydroxyl groups is 2. The van der Waals surface area contributed by atoms with E-state index in [1.807, 2.05) is 38.6 Å². The average molecular weight is 1010 g/mol. The highest BCUT2D eigenvalue weighted by Gasteiger charge is 2.74. The van der Waals surface area contributed by atoms with Gasteiger partial charge in [0, 0.05) is 74.0 Å². The minimum absolute atomic E-state index is 0.0389. The summed E-state index contributed by atoms with van der Waals surface area (Å²) in [5.74, 6) is -3.37. The van der Waals surface area contributed by atoms with E-state index in [9.17, 15) is 48.6 Å². The molecule has 4 amide bonds. The van der Waals surface area contributed by atoms with Crippen LogP contribution in [-0.2, 0) is 43.0 Å². The van der Waals surface area contributed by atoms with Gasteiger partial charge in [-0.25, -0.2) is 4.79 Å². The monoisotopic (exact) mass is 1010 g/mol. The molecule has 2 aliphatic heterocycles. The third kappa shape index (κ3) is 11.7. The number of nitrogens with one attached hydrogen (secondary N) is 4. The van der Waals surface area contributed by atoms with Gasteiger partial charge in [-0.1, -0.05) is 51.7 Å². The summed E-state index contributed by atoms with van der Waals surface area (Å²) < 4.78 is 11.1. The number of carbonyl (C=O) groups is 8. The number of carbonyl (C=O) groups excluding carboxylic acids is 8. The van der Waals surface area contributed by atoms with Crippen molar-refractivity contribution < 1.29 is 58.0 Å². The number of unbranched alkanes of at least 4 members (excludes halogenated alkanes) is 5. The molecule has 0 aromatic heterocycles. The van der Waals surface area contributed by atoms with Crippen LogP contribution >= 0.6 is 11.8 Å². The quantitative estimate of drug-likeness (QED) is 0.0218. The van der Waals surface area contributed by atoms with Gasteiger partial charge in [-0.05, 0) is 121 Å². The number of ether oxygens (including phenoxy) is 2. The number of fused-ring (bicyclic) bond motifs is 6. The van der Waals surface area contributed by atoms with Crippen molar-refractivity contribution in [3.05, 3.63) is 35.6 Å². The van der Waals surface area contributed by atoms with E-state index in [2.05, 4.69) is 21.3 Å². The van der Waals surface area contributed by atoms with Crippen LogP contribution in [0.25, 0.3) is 0 Å². The molecule has 0 radical (unpaired) electrons. The van der Waals surface area contributed by atoms with Gasteiger partial charge in [0.25, 0.3) is 0 Å². The molecule has 71 heavy (non-hydrogen) atoms. The maximum absolute atomic E-state index is 14.9. The SMILES string of the molecule is CC(=O)OC(C)(C)/C=C/C(=O)[C@](C)(O)[C@H]1[C@H](O)C[C@@]2(C)[C@@H]3CC=C4[C@@H](C=C(OC(=O)CCCCCNC(=O)CCCCCNC(=O)CCCC[C@@H]5SC[C@@H]6NC(=O)N[C@@H]65)C(=O)C4(C)C)[C@]3(C)C(=O)C[C@]12C. The fraction of sp³-hybridized carbons (Fsp3) is 0.741. The van der Waals surface area contributed by atoms with E-state index >= 15 is 0 Å². The summed E-state index contributed by atoms with van der Waals surface area (Å²) in [6.45, 7) is 16.3. The van der Waals surface area contributed by atoms with E-state index in [1.54, 1.807) is 33.8 Å². The average Bonchev–Trinajstić information content (AvgIpc) is 3.90. The zero-order valence-corrected chi connectivity index (χ0v) is 44.3. The van der Waals surface area contributed by atoms with Crippen molar-refractivity contribution in [2.24, 2.45) is 39.4 Å². The number of thioether (sulfide) groups is 1. The zero-order valence-electron chi connectivity index (χ0n) is 43.5. The van der Waals surface area contributed by atoms with Crippen LogP contribution in [0, 0.1) is 39.4 Å². The van der Waals surface area contributed by atoms with E-state index in [4.69, 9.17) is 9.47 Å². The second-order valence-electron chi connectivity index (χ2n) is 23.1. The molecule has 0 spiro atoms. The summed E-state index contributed by atoms with van der Waals surface area (Å²) in [5.41, 5.74) is -6.33. The van der Waals surface area contributed by atoms with Gasteiger partial charge in [0.2, 0.25) is 17.6 Å². The molecule has 0 unspecified atom stereocenters. The van der Waals surface area contributed by atoms with Crippen LogP contribution in [-0.4, -0.2) is 111 Å². The number of urea groups is 1. The first kappa shape index (κ1) is 56.0. The number of Topliss-reactive ketones (excluding diaryl/α,β-unsaturated/α-hetero) is 2. The molecular formula is C54H80N4O12S. The Morgan fingerprint density at radius 2 is 1.48 bits per heavy atom. The maximum atomic E-state index is 14.9. The van der Waals surface area contributed by atoms with Crippen molar-refractivity contribution in [1.82, 2.24) is 21.3 Å². The highest BCUT2D eigenvalue weighted by Crippen LogP contribution is 2.74. The van der Waals surface area contributed by atoms with E-state index in [1.165, 1.54) is 26.0 Å². The first-order chi connectivity index (χ1) is 33.2. The molecule has 394 valence electrons. The van der Waals surface area contributed by atoms with Gasteiger partial charge in [-0.15, -0.1) is 0 Å². The van der Waals surface area contributed by atoms with E-state index < -0.39 is 68.5 Å². The molecule has 0 aromatic carbocycles. The molecule has 2 saturated heterocycles. The predicted octanol–water partition coefficient (Wildman–Crippen LogP) is 6.25. The van der Waals surface area contributed by atoms with Gasteiger partial charge in [-0.2, -0.15) is 11.8 Å². The predicted molar refractivity (Wildman–Crippen MR) is 268 cm³/mol. The Balaban J connectivity index is 0.928. The van der Waals surface area contributed by atoms with Crippen LogP contribution in [0.2, 0.25) is 0 Å². The fourth-order valence-electron chi connectivity index (χ4n) is 13.3. The number of ketones is 3. The molecule has 17 heteroatoms. The first-order valence-corrected chi connectivity index (χ1v) is 27.0. The summed E-state index contributed by atoms with van der Waals surface area (Å²) in [6.07, 6.45) is 13.5. The number of rotatable bonds is 23. The van der Waals surface area contributed by atoms with Crippen LogP contribution in [0.5, 0.6) is 0 Å². The summed E-state index contributed by atoms with van der Waals surface area (Å²) in [7, 11) is 0. The van der Waals surface area contributed by atoms with Crippen LogP contribution in [0.4, 0.5) is 4.79 Å². The number of hydrogen-bond donors (Lipinski definition) is 6. The van der Waals surface area contributed by atoms with Gasteiger partial charge in [0.1, 0.15) is 17.0 Å². The minimum atomic E-state index is -2.08. The molecule has 4 aliphatic carbocycles. The zero-order chi connectivity index (χ0) is 52.3. The Kier molecular flexibility index (Phi) is 17.3. The molecular weight excluding hydrogens is 929 g/mol. The smallest absolute Gasteiger partial charge is 0.315 e. The molecule has 6 rings (SSSR count). The largest absolute Gasteiger partial charge is 0.456 e. The Morgan fingerprint density at radius 3 is 2.11 bits per heavy atom. The molecule has 6 N–H and O–H groups in total. The number of allylic oxidation sites excluding steroid dienone is 4. The Morgan fingerprint density at radius 1 is 0.859 bits per heavy atom. The molecule has 4 fully saturated rings. The van der Waals surface area contributed by atoms with Crippen molar-refractivity contribution in [2.75, 3.05) is 18.8 Å². The Hall–Kier alpha value is -4.35. The highest BCUT2D eigenvalue weighted by atomic mass is 32.2. The van der Waals surface area contributed by atoms with Crippen molar-refractivity contribution in [3.8, 4) is 0 Å². The normalized spacial score (nSPS) is 32.5. The summed E-state index contributed by atoms with van der Waals surface area (Å²) in [4.78, 5) is 104. The minimum Gasteiger partial charge on any atom is -0.456 e. The number of amides is 4. The molecule has 2 heterocycles. The number of aliphatic hydroxyl groups excluding tert-OH is 1. The van der Waals surface area contributed by atoms with E-state index in [0.29, 0.717) is 63.3 Å². The molecule has 0 aromatic rings. The van der Waals surface area contributed by atoms with Crippen LogP contribution in [0.1, 0.15) is 159 Å². The second kappa shape index (κ2) is 22.0. The third-order valence-corrected chi connectivity index (χ3v) is 18.8. The molecule has 2 saturated carbocycles. The lowest BCUT2D eigenvalue weighted by molar-refractivity contribution is -0.179. The van der Waals surface area contributed by atoms with Gasteiger partial charge < -0.3 is 41.0 Å². The topological polar surface area (TPSA) is 244 Å². The van der Waals surface area contributed by atoms with Crippen molar-refractivity contribution >= 4 is 58.9 Å². The third-order valence-electron chi connectivity index (χ3n) is 17.3. The summed E-state index contributed by atoms with van der Waals surface area (Å²) in [5, 5.41) is 36.1. The first-order valence-electron chi connectivity index (χ1n) is 26.0. The van der Waals surface area contributed by atoms with Gasteiger partial charge in [0.15, 0.2) is 11.5 Å². The van der Waals surface area contributed by atoms with Crippen molar-refractivity contribution in [2.45, 2.75) is 193 Å². The lowest BCUT2D eigenvalue weighted by Gasteiger charge is -2.63. The molecule has 16 nitrogen and oxygen atoms in total. The lowest BCUT2D eigenvalue weighted by atomic mass is 9.39. The number of esters is 2. The second-order valence-corrected chi connectivity index (χ2v) is 24.4. The lowest BCUT2D eigenvalue weighted by Crippen LogP contribution is -2.64. The fourth-order valence-corrected chi connectivity index (χ4v) is 14.8. The number of hydrogen-bond acceptors (Lipinski definition) is 13. The molecule has 0 bridgehead atoms. The molecule has 11 atom stereocenters.